The molecule has 0 aliphatic carbocycles. The Labute approximate surface area is 168 Å². The Morgan fingerprint density at radius 3 is 2.11 bits per heavy atom. The first-order valence-corrected chi connectivity index (χ1v) is 10.6. The monoisotopic (exact) mass is 375 g/mol. The first-order valence-electron chi connectivity index (χ1n) is 10.6. The van der Waals surface area contributed by atoms with Crippen molar-refractivity contribution in [3.63, 3.8) is 0 Å². The van der Waals surface area contributed by atoms with Crippen LogP contribution in [0.4, 0.5) is 4.39 Å². The molecular weight excluding hydrogens is 345 g/mol. The maximum atomic E-state index is 14.6. The molecule has 0 spiro atoms. The molecule has 0 saturated heterocycles. The first kappa shape index (κ1) is 20.3. The third-order valence-electron chi connectivity index (χ3n) is 5.22. The van der Waals surface area contributed by atoms with E-state index in [1.165, 1.54) is 24.8 Å². The van der Waals surface area contributed by atoms with Crippen molar-refractivity contribution >= 4 is 0 Å². The molecule has 1 heterocycles. The van der Waals surface area contributed by atoms with Crippen molar-refractivity contribution in [2.45, 2.75) is 58.8 Å². The lowest BCUT2D eigenvalue weighted by molar-refractivity contribution is 0.624. The van der Waals surface area contributed by atoms with Crippen molar-refractivity contribution in [1.29, 1.82) is 0 Å². The van der Waals surface area contributed by atoms with E-state index in [4.69, 9.17) is 0 Å². The molecule has 0 amide bonds. The normalized spacial score (nSPS) is 11.0. The summed E-state index contributed by atoms with van der Waals surface area (Å²) in [5.41, 5.74) is 5.87. The molecule has 2 heteroatoms. The van der Waals surface area contributed by atoms with Crippen molar-refractivity contribution in [3.05, 3.63) is 77.7 Å². The van der Waals surface area contributed by atoms with Gasteiger partial charge in [0.1, 0.15) is 5.82 Å². The maximum absolute atomic E-state index is 14.6. The fourth-order valence-electron chi connectivity index (χ4n) is 3.55. The minimum absolute atomic E-state index is 0.183. The minimum atomic E-state index is -0.183. The quantitative estimate of drug-likeness (QED) is 0.350. The minimum Gasteiger partial charge on any atom is -0.256 e. The van der Waals surface area contributed by atoms with Crippen molar-refractivity contribution in [2.75, 3.05) is 0 Å². The van der Waals surface area contributed by atoms with E-state index in [2.05, 4.69) is 43.1 Å². The molecule has 28 heavy (non-hydrogen) atoms. The van der Waals surface area contributed by atoms with E-state index >= 15 is 0 Å². The Bertz CT molecular complexity index is 866. The Balaban J connectivity index is 1.70. The molecule has 0 N–H and O–H groups in total. The van der Waals surface area contributed by atoms with Gasteiger partial charge in [-0.15, -0.1) is 0 Å². The molecule has 1 nitrogen and oxygen atoms in total. The standard InChI is InChI=1S/C26H30FN/c1-3-5-6-7-9-21-12-16-24(25(27)18-21)26-17-15-23(19-28-26)22-13-10-20(8-4-2)11-14-22/h10-19H,3-9H2,1-2H3. The highest BCUT2D eigenvalue weighted by Gasteiger charge is 2.08. The highest BCUT2D eigenvalue weighted by atomic mass is 19.1. The average molecular weight is 376 g/mol. The summed E-state index contributed by atoms with van der Waals surface area (Å²) < 4.78 is 14.6. The van der Waals surface area contributed by atoms with Gasteiger partial charge in [-0.3, -0.25) is 4.98 Å². The summed E-state index contributed by atoms with van der Waals surface area (Å²) in [6.07, 6.45) is 9.83. The van der Waals surface area contributed by atoms with Crippen LogP contribution in [0.25, 0.3) is 22.4 Å². The van der Waals surface area contributed by atoms with Crippen molar-refractivity contribution in [3.8, 4) is 22.4 Å². The predicted molar refractivity (Wildman–Crippen MR) is 117 cm³/mol. The van der Waals surface area contributed by atoms with E-state index in [1.54, 1.807) is 6.07 Å². The van der Waals surface area contributed by atoms with Crippen LogP contribution in [-0.2, 0) is 12.8 Å². The second-order valence-corrected chi connectivity index (χ2v) is 7.50. The fraction of sp³-hybridized carbons (Fsp3) is 0.346. The number of nitrogens with zero attached hydrogens (tertiary/aromatic N) is 1. The van der Waals surface area contributed by atoms with Crippen LogP contribution in [0.3, 0.4) is 0 Å². The summed E-state index contributed by atoms with van der Waals surface area (Å²) in [5.74, 6) is -0.183. The molecule has 0 fully saturated rings. The molecule has 0 bridgehead atoms. The van der Waals surface area contributed by atoms with Gasteiger partial charge in [0.05, 0.1) is 5.69 Å². The zero-order valence-corrected chi connectivity index (χ0v) is 17.0. The summed E-state index contributed by atoms with van der Waals surface area (Å²) in [4.78, 5) is 4.52. The van der Waals surface area contributed by atoms with Gasteiger partial charge < -0.3 is 0 Å². The molecule has 0 aliphatic heterocycles. The Kier molecular flexibility index (Phi) is 7.36. The van der Waals surface area contributed by atoms with Gasteiger partial charge >= 0.3 is 0 Å². The number of hydrogen-bond donors (Lipinski definition) is 0. The van der Waals surface area contributed by atoms with Gasteiger partial charge in [-0.2, -0.15) is 0 Å². The molecule has 0 unspecified atom stereocenters. The van der Waals surface area contributed by atoms with Crippen LogP contribution in [0.1, 0.15) is 57.1 Å². The number of pyridine rings is 1. The average Bonchev–Trinajstić information content (AvgIpc) is 2.72. The predicted octanol–water partition coefficient (Wildman–Crippen LogP) is 7.63. The van der Waals surface area contributed by atoms with Crippen LogP contribution in [-0.4, -0.2) is 4.98 Å². The van der Waals surface area contributed by atoms with Crippen LogP contribution >= 0.6 is 0 Å². The van der Waals surface area contributed by atoms with Gasteiger partial charge in [-0.1, -0.05) is 75.9 Å². The van der Waals surface area contributed by atoms with Crippen LogP contribution in [0.2, 0.25) is 0 Å². The van der Waals surface area contributed by atoms with Crippen molar-refractivity contribution in [2.24, 2.45) is 0 Å². The van der Waals surface area contributed by atoms with E-state index in [1.807, 2.05) is 30.5 Å². The first-order chi connectivity index (χ1) is 13.7. The van der Waals surface area contributed by atoms with Gasteiger partial charge in [0.25, 0.3) is 0 Å². The number of aromatic nitrogens is 1. The maximum Gasteiger partial charge on any atom is 0.132 e. The number of unbranched alkanes of at least 4 members (excludes halogenated alkanes) is 3. The molecular formula is C26H30FN. The molecule has 0 atom stereocenters. The largest absolute Gasteiger partial charge is 0.256 e. The molecule has 146 valence electrons. The molecule has 0 radical (unpaired) electrons. The Morgan fingerprint density at radius 1 is 0.714 bits per heavy atom. The lowest BCUT2D eigenvalue weighted by Gasteiger charge is -2.08. The van der Waals surface area contributed by atoms with Crippen LogP contribution < -0.4 is 0 Å². The Morgan fingerprint density at radius 2 is 1.46 bits per heavy atom. The zero-order valence-electron chi connectivity index (χ0n) is 17.0. The van der Waals surface area contributed by atoms with E-state index in [9.17, 15) is 4.39 Å². The SMILES string of the molecule is CCCCCCc1ccc(-c2ccc(-c3ccc(CCC)cc3)cn2)c(F)c1. The van der Waals surface area contributed by atoms with Gasteiger partial charge in [0.2, 0.25) is 0 Å². The number of hydrogen-bond acceptors (Lipinski definition) is 1. The summed E-state index contributed by atoms with van der Waals surface area (Å²) in [6, 6.07) is 18.1. The summed E-state index contributed by atoms with van der Waals surface area (Å²) in [5, 5.41) is 0. The van der Waals surface area contributed by atoms with Gasteiger partial charge in [-0.05, 0) is 54.2 Å². The fourth-order valence-corrected chi connectivity index (χ4v) is 3.55. The van der Waals surface area contributed by atoms with E-state index in [0.717, 1.165) is 42.4 Å². The number of rotatable bonds is 9. The molecule has 2 aromatic carbocycles. The second-order valence-electron chi connectivity index (χ2n) is 7.50. The van der Waals surface area contributed by atoms with Crippen LogP contribution in [0, 0.1) is 5.82 Å². The van der Waals surface area contributed by atoms with E-state index in [0.29, 0.717) is 11.3 Å². The molecule has 0 saturated carbocycles. The summed E-state index contributed by atoms with van der Waals surface area (Å²) in [7, 11) is 0. The van der Waals surface area contributed by atoms with Crippen molar-refractivity contribution in [1.82, 2.24) is 4.98 Å². The molecule has 1 aromatic heterocycles. The van der Waals surface area contributed by atoms with E-state index in [-0.39, 0.29) is 5.82 Å². The zero-order chi connectivity index (χ0) is 19.8. The Hall–Kier alpha value is -2.48. The van der Waals surface area contributed by atoms with Crippen molar-refractivity contribution < 1.29 is 4.39 Å². The number of benzene rings is 2. The van der Waals surface area contributed by atoms with Crippen LogP contribution in [0.5, 0.6) is 0 Å². The van der Waals surface area contributed by atoms with Gasteiger partial charge in [-0.25, -0.2) is 4.39 Å². The number of halogens is 1. The lowest BCUT2D eigenvalue weighted by atomic mass is 10.0. The smallest absolute Gasteiger partial charge is 0.132 e. The summed E-state index contributed by atoms with van der Waals surface area (Å²) >= 11 is 0. The molecule has 3 aromatic rings. The third kappa shape index (κ3) is 5.28. The highest BCUT2D eigenvalue weighted by molar-refractivity contribution is 5.67. The second kappa shape index (κ2) is 10.2. The van der Waals surface area contributed by atoms with Gasteiger partial charge in [0.15, 0.2) is 0 Å². The lowest BCUT2D eigenvalue weighted by Crippen LogP contribution is -1.92. The number of aryl methyl sites for hydroxylation is 2. The molecule has 0 aliphatic rings. The topological polar surface area (TPSA) is 12.9 Å². The van der Waals surface area contributed by atoms with E-state index < -0.39 is 0 Å². The molecule has 3 rings (SSSR count). The van der Waals surface area contributed by atoms with Crippen LogP contribution in [0.15, 0.2) is 60.8 Å². The van der Waals surface area contributed by atoms with Gasteiger partial charge in [0, 0.05) is 17.3 Å². The third-order valence-corrected chi connectivity index (χ3v) is 5.22. The summed E-state index contributed by atoms with van der Waals surface area (Å²) in [6.45, 7) is 4.39. The highest BCUT2D eigenvalue weighted by Crippen LogP contribution is 2.26.